The van der Waals surface area contributed by atoms with E-state index in [-0.39, 0.29) is 34.7 Å². The zero-order valence-corrected chi connectivity index (χ0v) is 30.1. The standard InChI is InChI=1S/C39H49N9O3/c1-5-47(6-2)24-12-22-40-37-44-38(41-23-13-25-48(7-3)8-4)46-39(45-37)43-29-20-18-28(19-21-29)42-36(51)32-17-11-16-31-34(32)33(49)26-27-14-9-10-15-30(27)35(31)50/h9-11,14-21H,5-8,12-13,22-26H2,1-4H3,(H,42,51)(H3,40,41,43,44,45,46). The molecule has 12 nitrogen and oxygen atoms in total. The van der Waals surface area contributed by atoms with Crippen molar-refractivity contribution in [2.45, 2.75) is 47.0 Å². The molecule has 12 heteroatoms. The van der Waals surface area contributed by atoms with E-state index in [9.17, 15) is 14.4 Å². The number of aromatic nitrogens is 3. The number of ketones is 2. The Morgan fingerprint density at radius 1 is 0.667 bits per heavy atom. The van der Waals surface area contributed by atoms with Crippen molar-refractivity contribution in [1.29, 1.82) is 0 Å². The van der Waals surface area contributed by atoms with Crippen molar-refractivity contribution in [3.05, 3.63) is 94.5 Å². The number of hydrogen-bond acceptors (Lipinski definition) is 11. The second-order valence-corrected chi connectivity index (χ2v) is 12.4. The van der Waals surface area contributed by atoms with E-state index < -0.39 is 5.91 Å². The summed E-state index contributed by atoms with van der Waals surface area (Å²) in [5.41, 5.74) is 2.95. The maximum absolute atomic E-state index is 13.5. The molecule has 0 aliphatic heterocycles. The topological polar surface area (TPSA) is 144 Å². The van der Waals surface area contributed by atoms with Crippen LogP contribution in [-0.4, -0.2) is 94.6 Å². The minimum absolute atomic E-state index is 0.0533. The first kappa shape index (κ1) is 37.1. The number of carbonyl (C=O) groups excluding carboxylic acids is 3. The zero-order chi connectivity index (χ0) is 36.2. The summed E-state index contributed by atoms with van der Waals surface area (Å²) in [5, 5.41) is 12.9. The van der Waals surface area contributed by atoms with Gasteiger partial charge >= 0.3 is 0 Å². The van der Waals surface area contributed by atoms with E-state index in [0.717, 1.165) is 65.2 Å². The van der Waals surface area contributed by atoms with E-state index in [1.54, 1.807) is 54.6 Å². The number of nitrogens with one attached hydrogen (secondary N) is 4. The van der Waals surface area contributed by atoms with Gasteiger partial charge in [-0.05, 0) is 88.0 Å². The van der Waals surface area contributed by atoms with E-state index in [4.69, 9.17) is 0 Å². The van der Waals surface area contributed by atoms with Crippen molar-refractivity contribution in [2.24, 2.45) is 0 Å². The maximum atomic E-state index is 13.5. The van der Waals surface area contributed by atoms with Crippen LogP contribution in [0.2, 0.25) is 0 Å². The number of anilines is 5. The fraction of sp³-hybridized carbons (Fsp3) is 0.385. The van der Waals surface area contributed by atoms with Gasteiger partial charge in [-0.2, -0.15) is 15.0 Å². The summed E-state index contributed by atoms with van der Waals surface area (Å²) >= 11 is 0. The number of Topliss-reactive ketones (excluding diaryl/α,β-unsaturated/α-hetero) is 1. The zero-order valence-electron chi connectivity index (χ0n) is 30.1. The molecule has 0 saturated carbocycles. The van der Waals surface area contributed by atoms with Crippen molar-refractivity contribution in [3.63, 3.8) is 0 Å². The van der Waals surface area contributed by atoms with Crippen molar-refractivity contribution in [1.82, 2.24) is 24.8 Å². The highest BCUT2D eigenvalue weighted by Crippen LogP contribution is 2.28. The van der Waals surface area contributed by atoms with Crippen molar-refractivity contribution in [3.8, 4) is 0 Å². The molecule has 0 bridgehead atoms. The molecule has 0 atom stereocenters. The van der Waals surface area contributed by atoms with Crippen LogP contribution in [0.3, 0.4) is 0 Å². The van der Waals surface area contributed by atoms with Crippen LogP contribution in [0.1, 0.15) is 82.7 Å². The summed E-state index contributed by atoms with van der Waals surface area (Å²) in [5.74, 6) is 0.369. The van der Waals surface area contributed by atoms with E-state index in [1.165, 1.54) is 0 Å². The van der Waals surface area contributed by atoms with Crippen molar-refractivity contribution < 1.29 is 14.4 Å². The quantitative estimate of drug-likeness (QED) is 0.0896. The van der Waals surface area contributed by atoms with Crippen LogP contribution in [0.25, 0.3) is 0 Å². The molecule has 1 amide bonds. The Morgan fingerprint density at radius 3 is 1.82 bits per heavy atom. The van der Waals surface area contributed by atoms with Gasteiger partial charge < -0.3 is 31.1 Å². The SMILES string of the molecule is CCN(CC)CCCNc1nc(NCCCN(CC)CC)nc(Nc2ccc(NC(=O)c3cccc4c3C(=O)Cc3ccccc3C4=O)cc2)n1. The van der Waals surface area contributed by atoms with Crippen LogP contribution in [-0.2, 0) is 6.42 Å². The minimum atomic E-state index is -0.467. The molecule has 51 heavy (non-hydrogen) atoms. The minimum Gasteiger partial charge on any atom is -0.354 e. The Balaban J connectivity index is 1.26. The highest BCUT2D eigenvalue weighted by Gasteiger charge is 2.29. The maximum Gasteiger partial charge on any atom is 0.256 e. The van der Waals surface area contributed by atoms with Gasteiger partial charge in [-0.15, -0.1) is 0 Å². The Labute approximate surface area is 300 Å². The highest BCUT2D eigenvalue weighted by atomic mass is 16.2. The Hall–Kier alpha value is -5.20. The first-order chi connectivity index (χ1) is 24.8. The Kier molecular flexibility index (Phi) is 13.2. The number of nitrogens with zero attached hydrogens (tertiary/aromatic N) is 5. The van der Waals surface area contributed by atoms with Gasteiger partial charge in [0.05, 0.1) is 5.56 Å². The van der Waals surface area contributed by atoms with Crippen LogP contribution in [0.5, 0.6) is 0 Å². The molecule has 0 saturated heterocycles. The smallest absolute Gasteiger partial charge is 0.256 e. The van der Waals surface area contributed by atoms with Gasteiger partial charge in [-0.3, -0.25) is 14.4 Å². The molecular weight excluding hydrogens is 642 g/mol. The average molecular weight is 692 g/mol. The van der Waals surface area contributed by atoms with Gasteiger partial charge in [0.2, 0.25) is 17.8 Å². The van der Waals surface area contributed by atoms with E-state index >= 15 is 0 Å². The number of carbonyl (C=O) groups is 3. The summed E-state index contributed by atoms with van der Waals surface area (Å²) in [6.07, 6.45) is 1.97. The molecule has 4 N–H and O–H groups in total. The summed E-state index contributed by atoms with van der Waals surface area (Å²) < 4.78 is 0. The van der Waals surface area contributed by atoms with Crippen molar-refractivity contribution in [2.75, 3.05) is 73.6 Å². The fourth-order valence-electron chi connectivity index (χ4n) is 6.17. The van der Waals surface area contributed by atoms with Crippen LogP contribution < -0.4 is 21.3 Å². The first-order valence-corrected chi connectivity index (χ1v) is 18.0. The number of amides is 1. The van der Waals surface area contributed by atoms with Gasteiger partial charge in [-0.25, -0.2) is 0 Å². The predicted octanol–water partition coefficient (Wildman–Crippen LogP) is 6.12. The molecule has 0 radical (unpaired) electrons. The highest BCUT2D eigenvalue weighted by molar-refractivity contribution is 6.23. The number of benzene rings is 3. The summed E-state index contributed by atoms with van der Waals surface area (Å²) in [6.45, 7) is 16.2. The van der Waals surface area contributed by atoms with Gasteiger partial charge in [0.15, 0.2) is 11.6 Å². The fourth-order valence-corrected chi connectivity index (χ4v) is 6.17. The molecule has 1 aliphatic rings. The molecule has 268 valence electrons. The van der Waals surface area contributed by atoms with Crippen molar-refractivity contribution >= 4 is 46.7 Å². The molecule has 0 fully saturated rings. The Bertz CT molecular complexity index is 1770. The summed E-state index contributed by atoms with van der Waals surface area (Å²) in [4.78, 5) is 58.8. The van der Waals surface area contributed by atoms with Crippen LogP contribution in [0, 0.1) is 0 Å². The third-order valence-electron chi connectivity index (χ3n) is 9.14. The number of rotatable bonds is 18. The van der Waals surface area contributed by atoms with Crippen LogP contribution >= 0.6 is 0 Å². The molecule has 0 unspecified atom stereocenters. The average Bonchev–Trinajstić information content (AvgIpc) is 3.25. The Morgan fingerprint density at radius 2 is 1.22 bits per heavy atom. The molecule has 3 aromatic carbocycles. The van der Waals surface area contributed by atoms with Gasteiger partial charge in [0, 0.05) is 47.6 Å². The molecule has 1 aromatic heterocycles. The lowest BCUT2D eigenvalue weighted by Gasteiger charge is -2.18. The lowest BCUT2D eigenvalue weighted by molar-refractivity contribution is 0.0968. The van der Waals surface area contributed by atoms with Gasteiger partial charge in [0.25, 0.3) is 5.91 Å². The molecule has 1 aliphatic carbocycles. The van der Waals surface area contributed by atoms with Crippen LogP contribution in [0.4, 0.5) is 29.2 Å². The van der Waals surface area contributed by atoms with Gasteiger partial charge in [0.1, 0.15) is 0 Å². The summed E-state index contributed by atoms with van der Waals surface area (Å²) in [6, 6.07) is 19.0. The third-order valence-corrected chi connectivity index (χ3v) is 9.14. The second kappa shape index (κ2) is 18.2. The largest absolute Gasteiger partial charge is 0.354 e. The lowest BCUT2D eigenvalue weighted by atomic mass is 9.94. The van der Waals surface area contributed by atoms with E-state index in [2.05, 4.69) is 73.7 Å². The number of hydrogen-bond donors (Lipinski definition) is 4. The molecule has 1 heterocycles. The lowest BCUT2D eigenvalue weighted by Crippen LogP contribution is -2.26. The molecule has 4 aromatic rings. The van der Waals surface area contributed by atoms with Gasteiger partial charge in [-0.1, -0.05) is 64.1 Å². The molecule has 0 spiro atoms. The number of fused-ring (bicyclic) bond motifs is 2. The molecule has 5 rings (SSSR count). The first-order valence-electron chi connectivity index (χ1n) is 18.0. The molecular formula is C39H49N9O3. The predicted molar refractivity (Wildman–Crippen MR) is 204 cm³/mol. The monoisotopic (exact) mass is 691 g/mol. The van der Waals surface area contributed by atoms with E-state index in [0.29, 0.717) is 40.3 Å². The third kappa shape index (κ3) is 9.74. The second-order valence-electron chi connectivity index (χ2n) is 12.4. The van der Waals surface area contributed by atoms with Crippen LogP contribution in [0.15, 0.2) is 66.7 Å². The summed E-state index contributed by atoms with van der Waals surface area (Å²) in [7, 11) is 0. The van der Waals surface area contributed by atoms with E-state index in [1.807, 2.05) is 12.1 Å². The normalized spacial score (nSPS) is 12.4.